The Labute approximate surface area is 163 Å². The zero-order valence-corrected chi connectivity index (χ0v) is 15.6. The molecule has 1 amide bonds. The molecule has 0 saturated carbocycles. The molecule has 0 aliphatic heterocycles. The zero-order valence-electron chi connectivity index (χ0n) is 14.9. The first-order valence-corrected chi connectivity index (χ1v) is 8.83. The number of aryl methyl sites for hydroxylation is 1. The normalized spacial score (nSPS) is 10.4. The van der Waals surface area contributed by atoms with E-state index in [1.165, 1.54) is 0 Å². The molecule has 0 aliphatic rings. The topological polar surface area (TPSA) is 84.1 Å². The minimum absolute atomic E-state index is 0.122. The van der Waals surface area contributed by atoms with Crippen molar-refractivity contribution in [2.75, 3.05) is 16.8 Å². The van der Waals surface area contributed by atoms with Crippen LogP contribution in [0.4, 0.5) is 17.2 Å². The predicted molar refractivity (Wildman–Crippen MR) is 108 cm³/mol. The van der Waals surface area contributed by atoms with Crippen LogP contribution in [-0.4, -0.2) is 22.4 Å². The van der Waals surface area contributed by atoms with Gasteiger partial charge in [0.1, 0.15) is 16.8 Å². The van der Waals surface area contributed by atoms with Crippen molar-refractivity contribution < 1.29 is 4.79 Å². The summed E-state index contributed by atoms with van der Waals surface area (Å²) in [5.74, 6) is 0.803. The van der Waals surface area contributed by atoms with Crippen LogP contribution in [0.3, 0.4) is 0 Å². The van der Waals surface area contributed by atoms with E-state index in [1.54, 1.807) is 13.0 Å². The number of hydrogen-bond donors (Lipinski definition) is 2. The Hall–Kier alpha value is -3.12. The molecule has 0 aliphatic carbocycles. The summed E-state index contributed by atoms with van der Waals surface area (Å²) in [6.07, 6.45) is 0. The van der Waals surface area contributed by atoms with E-state index in [1.807, 2.05) is 59.5 Å². The van der Waals surface area contributed by atoms with Gasteiger partial charge in [0, 0.05) is 24.0 Å². The molecule has 3 N–H and O–H groups in total. The number of aromatic nitrogens is 2. The minimum Gasteiger partial charge on any atom is -0.368 e. The highest BCUT2D eigenvalue weighted by Gasteiger charge is 2.11. The lowest BCUT2D eigenvalue weighted by Crippen LogP contribution is -2.33. The highest BCUT2D eigenvalue weighted by molar-refractivity contribution is 6.29. The number of amides is 1. The molecule has 2 aromatic carbocycles. The maximum atomic E-state index is 11.6. The summed E-state index contributed by atoms with van der Waals surface area (Å²) in [5.41, 5.74) is 8.24. The average molecular weight is 382 g/mol. The van der Waals surface area contributed by atoms with E-state index in [0.717, 1.165) is 16.9 Å². The first-order valence-electron chi connectivity index (χ1n) is 8.45. The standard InChI is InChI=1S/C20H20ClN5O/c1-14-23-18(21)11-20(24-14)25-16-8-5-9-17(10-16)26(13-19(22)27)12-15-6-3-2-4-7-15/h2-11H,12-13H2,1H3,(H2,22,27)(H,23,24,25). The van der Waals surface area contributed by atoms with Gasteiger partial charge in [0.2, 0.25) is 5.91 Å². The molecule has 0 fully saturated rings. The number of nitrogens with two attached hydrogens (primary N) is 1. The Kier molecular flexibility index (Phi) is 5.88. The van der Waals surface area contributed by atoms with Gasteiger partial charge in [0.25, 0.3) is 0 Å². The van der Waals surface area contributed by atoms with Crippen LogP contribution >= 0.6 is 11.6 Å². The molecule has 1 heterocycles. The van der Waals surface area contributed by atoms with Gasteiger partial charge in [-0.15, -0.1) is 0 Å². The number of nitrogens with one attached hydrogen (secondary N) is 1. The number of carbonyl (C=O) groups is 1. The van der Waals surface area contributed by atoms with Crippen molar-refractivity contribution in [3.8, 4) is 0 Å². The predicted octanol–water partition coefficient (Wildman–Crippen LogP) is 3.67. The van der Waals surface area contributed by atoms with E-state index >= 15 is 0 Å². The second kappa shape index (κ2) is 8.51. The summed E-state index contributed by atoms with van der Waals surface area (Å²) in [4.78, 5) is 21.9. The SMILES string of the molecule is Cc1nc(Cl)cc(Nc2cccc(N(CC(N)=O)Cc3ccccc3)c2)n1. The van der Waals surface area contributed by atoms with Gasteiger partial charge in [-0.2, -0.15) is 0 Å². The maximum absolute atomic E-state index is 11.6. The van der Waals surface area contributed by atoms with Gasteiger partial charge in [-0.1, -0.05) is 48.0 Å². The fraction of sp³-hybridized carbons (Fsp3) is 0.150. The number of halogens is 1. The molecule has 0 saturated heterocycles. The number of rotatable bonds is 7. The Morgan fingerprint density at radius 1 is 1.11 bits per heavy atom. The third kappa shape index (κ3) is 5.43. The highest BCUT2D eigenvalue weighted by Crippen LogP contribution is 2.24. The van der Waals surface area contributed by atoms with Gasteiger partial charge in [-0.25, -0.2) is 9.97 Å². The molecule has 3 aromatic rings. The fourth-order valence-electron chi connectivity index (χ4n) is 2.75. The Bertz CT molecular complexity index is 912. The second-order valence-electron chi connectivity index (χ2n) is 6.11. The van der Waals surface area contributed by atoms with Crippen LogP contribution in [0, 0.1) is 6.92 Å². The van der Waals surface area contributed by atoms with Crippen molar-refractivity contribution >= 4 is 34.7 Å². The summed E-state index contributed by atoms with van der Waals surface area (Å²) in [6, 6.07) is 19.3. The molecule has 0 unspecified atom stereocenters. The van der Waals surface area contributed by atoms with Crippen molar-refractivity contribution in [3.63, 3.8) is 0 Å². The maximum Gasteiger partial charge on any atom is 0.236 e. The van der Waals surface area contributed by atoms with Crippen LogP contribution in [0.25, 0.3) is 0 Å². The average Bonchev–Trinajstić information content (AvgIpc) is 2.61. The first kappa shape index (κ1) is 18.7. The van der Waals surface area contributed by atoms with Crippen molar-refractivity contribution in [1.82, 2.24) is 9.97 Å². The van der Waals surface area contributed by atoms with Crippen LogP contribution in [0.2, 0.25) is 5.15 Å². The van der Waals surface area contributed by atoms with Crippen molar-refractivity contribution in [1.29, 1.82) is 0 Å². The largest absolute Gasteiger partial charge is 0.368 e. The number of benzene rings is 2. The fourth-order valence-corrected chi connectivity index (χ4v) is 2.98. The molecule has 6 nitrogen and oxygen atoms in total. The van der Waals surface area contributed by atoms with Gasteiger partial charge >= 0.3 is 0 Å². The van der Waals surface area contributed by atoms with Crippen LogP contribution in [0.5, 0.6) is 0 Å². The molecule has 138 valence electrons. The summed E-state index contributed by atoms with van der Waals surface area (Å²) in [7, 11) is 0. The lowest BCUT2D eigenvalue weighted by Gasteiger charge is -2.24. The lowest BCUT2D eigenvalue weighted by atomic mass is 10.2. The van der Waals surface area contributed by atoms with E-state index < -0.39 is 0 Å². The van der Waals surface area contributed by atoms with Crippen molar-refractivity contribution in [2.45, 2.75) is 13.5 Å². The van der Waals surface area contributed by atoms with Gasteiger partial charge in [-0.05, 0) is 30.7 Å². The van der Waals surface area contributed by atoms with Gasteiger partial charge < -0.3 is 16.0 Å². The zero-order chi connectivity index (χ0) is 19.2. The third-order valence-electron chi connectivity index (χ3n) is 3.85. The molecule has 0 spiro atoms. The van der Waals surface area contributed by atoms with E-state index in [4.69, 9.17) is 17.3 Å². The Balaban J connectivity index is 1.84. The molecule has 0 bridgehead atoms. The highest BCUT2D eigenvalue weighted by atomic mass is 35.5. The number of anilines is 3. The van der Waals surface area contributed by atoms with Crippen LogP contribution in [-0.2, 0) is 11.3 Å². The Morgan fingerprint density at radius 2 is 1.89 bits per heavy atom. The lowest BCUT2D eigenvalue weighted by molar-refractivity contribution is -0.116. The summed E-state index contributed by atoms with van der Waals surface area (Å²) >= 11 is 5.99. The number of primary amides is 1. The molecule has 0 atom stereocenters. The number of hydrogen-bond acceptors (Lipinski definition) is 5. The first-order chi connectivity index (χ1) is 13.0. The van der Waals surface area contributed by atoms with Crippen LogP contribution < -0.4 is 16.0 Å². The molecule has 1 aromatic heterocycles. The monoisotopic (exact) mass is 381 g/mol. The molecule has 7 heteroatoms. The molecule has 0 radical (unpaired) electrons. The molecule has 27 heavy (non-hydrogen) atoms. The summed E-state index contributed by atoms with van der Waals surface area (Å²) in [6.45, 7) is 2.48. The van der Waals surface area contributed by atoms with E-state index in [2.05, 4.69) is 15.3 Å². The van der Waals surface area contributed by atoms with E-state index in [-0.39, 0.29) is 12.5 Å². The number of nitrogens with zero attached hydrogens (tertiary/aromatic N) is 3. The number of carbonyl (C=O) groups excluding carboxylic acids is 1. The summed E-state index contributed by atoms with van der Waals surface area (Å²) in [5, 5.41) is 3.60. The summed E-state index contributed by atoms with van der Waals surface area (Å²) < 4.78 is 0. The minimum atomic E-state index is -0.387. The smallest absolute Gasteiger partial charge is 0.236 e. The Morgan fingerprint density at radius 3 is 2.59 bits per heavy atom. The molecular weight excluding hydrogens is 362 g/mol. The second-order valence-corrected chi connectivity index (χ2v) is 6.49. The van der Waals surface area contributed by atoms with Crippen molar-refractivity contribution in [3.05, 3.63) is 77.2 Å². The molecular formula is C20H20ClN5O. The van der Waals surface area contributed by atoms with Gasteiger partial charge in [0.05, 0.1) is 6.54 Å². The van der Waals surface area contributed by atoms with Crippen LogP contribution in [0.15, 0.2) is 60.7 Å². The van der Waals surface area contributed by atoms with Gasteiger partial charge in [0.15, 0.2) is 0 Å². The van der Waals surface area contributed by atoms with Crippen LogP contribution in [0.1, 0.15) is 11.4 Å². The van der Waals surface area contributed by atoms with Gasteiger partial charge in [-0.3, -0.25) is 4.79 Å². The van der Waals surface area contributed by atoms with E-state index in [0.29, 0.717) is 23.3 Å². The molecule has 3 rings (SSSR count). The third-order valence-corrected chi connectivity index (χ3v) is 4.05. The van der Waals surface area contributed by atoms with E-state index in [9.17, 15) is 4.79 Å². The van der Waals surface area contributed by atoms with Crippen molar-refractivity contribution in [2.24, 2.45) is 5.73 Å². The quantitative estimate of drug-likeness (QED) is 0.610.